The van der Waals surface area contributed by atoms with Gasteiger partial charge in [-0.2, -0.15) is 12.6 Å². The lowest BCUT2D eigenvalue weighted by Crippen LogP contribution is -2.37. The number of nitrogens with one attached hydrogen (secondary N) is 1. The summed E-state index contributed by atoms with van der Waals surface area (Å²) in [6.07, 6.45) is 5.53. The van der Waals surface area contributed by atoms with Crippen LogP contribution in [0.1, 0.15) is 26.2 Å². The zero-order valence-electron chi connectivity index (χ0n) is 8.12. The van der Waals surface area contributed by atoms with Crippen molar-refractivity contribution in [2.45, 2.75) is 37.5 Å². The van der Waals surface area contributed by atoms with E-state index in [0.717, 1.165) is 12.3 Å². The molecular formula is C9H17NOS2. The molecule has 0 radical (unpaired) electrons. The predicted octanol–water partition coefficient (Wildman–Crippen LogP) is 1.91. The number of hydrogen-bond acceptors (Lipinski definition) is 4. The van der Waals surface area contributed by atoms with E-state index in [2.05, 4.69) is 17.4 Å². The summed E-state index contributed by atoms with van der Waals surface area (Å²) in [4.78, 5) is 11.6. The molecule has 13 heavy (non-hydrogen) atoms. The van der Waals surface area contributed by atoms with Crippen molar-refractivity contribution in [2.75, 3.05) is 6.26 Å². The third-order valence-corrected chi connectivity index (χ3v) is 3.06. The van der Waals surface area contributed by atoms with Crippen molar-refractivity contribution in [3.63, 3.8) is 0 Å². The highest BCUT2D eigenvalue weighted by atomic mass is 32.2. The molecule has 0 amide bonds. The molecule has 0 bridgehead atoms. The van der Waals surface area contributed by atoms with E-state index in [9.17, 15) is 4.79 Å². The quantitative estimate of drug-likeness (QED) is 0.528. The zero-order chi connectivity index (χ0) is 9.84. The maximum absolute atomic E-state index is 11.6. The van der Waals surface area contributed by atoms with Crippen LogP contribution in [0, 0.1) is 5.92 Å². The van der Waals surface area contributed by atoms with Crippen LogP contribution in [0.4, 0.5) is 0 Å². The minimum Gasteiger partial charge on any atom is -0.297 e. The van der Waals surface area contributed by atoms with E-state index in [1.54, 1.807) is 0 Å². The summed E-state index contributed by atoms with van der Waals surface area (Å²) in [5, 5.41) is -0.150. The van der Waals surface area contributed by atoms with Gasteiger partial charge in [-0.25, -0.2) is 0 Å². The minimum absolute atomic E-state index is 0.00926. The van der Waals surface area contributed by atoms with Crippen LogP contribution >= 0.6 is 24.6 Å². The van der Waals surface area contributed by atoms with Crippen molar-refractivity contribution in [3.05, 3.63) is 0 Å². The standard InChI is InChI=1S/C9H17NOS2/c1-6(12)9(11)8(10-13-2)5-7-3-4-7/h6-8,10,12H,3-5H2,1-2H3. The van der Waals surface area contributed by atoms with Gasteiger partial charge >= 0.3 is 0 Å². The lowest BCUT2D eigenvalue weighted by molar-refractivity contribution is -0.120. The van der Waals surface area contributed by atoms with E-state index < -0.39 is 0 Å². The fourth-order valence-corrected chi connectivity index (χ4v) is 2.02. The van der Waals surface area contributed by atoms with E-state index >= 15 is 0 Å². The first-order valence-electron chi connectivity index (χ1n) is 4.65. The Morgan fingerprint density at radius 1 is 1.69 bits per heavy atom. The molecule has 0 aromatic carbocycles. The lowest BCUT2D eigenvalue weighted by Gasteiger charge is -2.17. The molecule has 1 N–H and O–H groups in total. The van der Waals surface area contributed by atoms with Gasteiger partial charge in [-0.05, 0) is 25.5 Å². The second-order valence-corrected chi connectivity index (χ2v) is 5.05. The van der Waals surface area contributed by atoms with E-state index in [1.165, 1.54) is 24.8 Å². The molecule has 1 aliphatic rings. The van der Waals surface area contributed by atoms with Crippen LogP contribution < -0.4 is 4.72 Å². The number of carbonyl (C=O) groups is 1. The van der Waals surface area contributed by atoms with Crippen LogP contribution in [0.2, 0.25) is 0 Å². The SMILES string of the molecule is CSNC(CC1CC1)C(=O)C(C)S. The van der Waals surface area contributed by atoms with Crippen LogP contribution in [-0.4, -0.2) is 23.3 Å². The number of thiol groups is 1. The summed E-state index contributed by atoms with van der Waals surface area (Å²) < 4.78 is 3.15. The number of Topliss-reactive ketones (excluding diaryl/α,β-unsaturated/α-hetero) is 1. The van der Waals surface area contributed by atoms with Crippen molar-refractivity contribution in [3.8, 4) is 0 Å². The van der Waals surface area contributed by atoms with Crippen LogP contribution in [0.5, 0.6) is 0 Å². The van der Waals surface area contributed by atoms with Gasteiger partial charge in [-0.3, -0.25) is 9.52 Å². The summed E-state index contributed by atoms with van der Waals surface area (Å²) >= 11 is 5.69. The molecule has 1 rings (SSSR count). The Morgan fingerprint density at radius 2 is 2.31 bits per heavy atom. The number of ketones is 1. The van der Waals surface area contributed by atoms with Gasteiger partial charge in [0.15, 0.2) is 5.78 Å². The maximum atomic E-state index is 11.6. The molecule has 4 heteroatoms. The van der Waals surface area contributed by atoms with Gasteiger partial charge in [0.1, 0.15) is 0 Å². The summed E-state index contributed by atoms with van der Waals surface area (Å²) in [6, 6.07) is 0.00926. The highest BCUT2D eigenvalue weighted by molar-refractivity contribution is 7.96. The number of hydrogen-bond donors (Lipinski definition) is 2. The molecule has 0 spiro atoms. The summed E-state index contributed by atoms with van der Waals surface area (Å²) in [7, 11) is 0. The summed E-state index contributed by atoms with van der Waals surface area (Å²) in [5.74, 6) is 1.00. The lowest BCUT2D eigenvalue weighted by atomic mass is 10.1. The third kappa shape index (κ3) is 3.92. The Balaban J connectivity index is 2.39. The monoisotopic (exact) mass is 219 g/mol. The van der Waals surface area contributed by atoms with Gasteiger partial charge in [-0.1, -0.05) is 24.8 Å². The Hall–Kier alpha value is 0.330. The topological polar surface area (TPSA) is 29.1 Å². The van der Waals surface area contributed by atoms with Gasteiger partial charge < -0.3 is 0 Å². The maximum Gasteiger partial charge on any atom is 0.162 e. The molecule has 2 unspecified atom stereocenters. The van der Waals surface area contributed by atoms with Gasteiger partial charge in [0.2, 0.25) is 0 Å². The minimum atomic E-state index is -0.150. The van der Waals surface area contributed by atoms with E-state index in [1.807, 2.05) is 13.2 Å². The van der Waals surface area contributed by atoms with E-state index in [0.29, 0.717) is 0 Å². The van der Waals surface area contributed by atoms with Crippen molar-refractivity contribution >= 4 is 30.4 Å². The van der Waals surface area contributed by atoms with E-state index in [-0.39, 0.29) is 17.1 Å². The molecule has 0 aromatic rings. The smallest absolute Gasteiger partial charge is 0.162 e. The van der Waals surface area contributed by atoms with Gasteiger partial charge in [0, 0.05) is 0 Å². The Morgan fingerprint density at radius 3 is 2.69 bits per heavy atom. The van der Waals surface area contributed by atoms with Crippen molar-refractivity contribution in [1.29, 1.82) is 0 Å². The highest BCUT2D eigenvalue weighted by Gasteiger charge is 2.30. The van der Waals surface area contributed by atoms with Crippen molar-refractivity contribution in [2.24, 2.45) is 5.92 Å². The second kappa shape index (κ2) is 5.27. The van der Waals surface area contributed by atoms with Crippen LogP contribution in [-0.2, 0) is 4.79 Å². The van der Waals surface area contributed by atoms with Crippen molar-refractivity contribution in [1.82, 2.24) is 4.72 Å². The largest absolute Gasteiger partial charge is 0.297 e. The summed E-state index contributed by atoms with van der Waals surface area (Å²) in [6.45, 7) is 1.84. The Labute approximate surface area is 89.8 Å². The number of carbonyl (C=O) groups excluding carboxylic acids is 1. The Kier molecular flexibility index (Phi) is 4.62. The van der Waals surface area contributed by atoms with Gasteiger partial charge in [-0.15, -0.1) is 0 Å². The van der Waals surface area contributed by atoms with Crippen LogP contribution in [0.3, 0.4) is 0 Å². The van der Waals surface area contributed by atoms with Crippen molar-refractivity contribution < 1.29 is 4.79 Å². The summed E-state index contributed by atoms with van der Waals surface area (Å²) in [5.41, 5.74) is 0. The first-order chi connectivity index (χ1) is 6.15. The third-order valence-electron chi connectivity index (χ3n) is 2.28. The molecular weight excluding hydrogens is 202 g/mol. The normalized spacial score (nSPS) is 21.2. The molecule has 76 valence electrons. The fourth-order valence-electron chi connectivity index (χ4n) is 1.34. The molecule has 0 aromatic heterocycles. The molecule has 1 aliphatic carbocycles. The predicted molar refractivity (Wildman–Crippen MR) is 61.2 cm³/mol. The van der Waals surface area contributed by atoms with Gasteiger partial charge in [0.25, 0.3) is 0 Å². The fraction of sp³-hybridized carbons (Fsp3) is 0.889. The molecule has 1 saturated carbocycles. The number of rotatable bonds is 6. The first-order valence-corrected chi connectivity index (χ1v) is 6.39. The molecule has 0 heterocycles. The second-order valence-electron chi connectivity index (χ2n) is 3.63. The Bertz CT molecular complexity index is 180. The average Bonchev–Trinajstić information content (AvgIpc) is 2.86. The average molecular weight is 219 g/mol. The highest BCUT2D eigenvalue weighted by Crippen LogP contribution is 2.34. The van der Waals surface area contributed by atoms with E-state index in [4.69, 9.17) is 0 Å². The zero-order valence-corrected chi connectivity index (χ0v) is 9.83. The van der Waals surface area contributed by atoms with Crippen LogP contribution in [0.25, 0.3) is 0 Å². The first kappa shape index (κ1) is 11.4. The molecule has 2 nitrogen and oxygen atoms in total. The molecule has 0 saturated heterocycles. The van der Waals surface area contributed by atoms with Gasteiger partial charge in [0.05, 0.1) is 11.3 Å². The molecule has 2 atom stereocenters. The van der Waals surface area contributed by atoms with Crippen LogP contribution in [0.15, 0.2) is 0 Å². The molecule has 1 fully saturated rings. The molecule has 0 aliphatic heterocycles.